The maximum absolute atomic E-state index is 5.43. The van der Waals surface area contributed by atoms with Gasteiger partial charge >= 0.3 is 0 Å². The van der Waals surface area contributed by atoms with Crippen LogP contribution in [0.1, 0.15) is 90.4 Å². The molecule has 0 aromatic carbocycles. The van der Waals surface area contributed by atoms with E-state index in [1.165, 1.54) is 83.5 Å². The Labute approximate surface area is 120 Å². The van der Waals surface area contributed by atoms with E-state index in [4.69, 9.17) is 16.3 Å². The van der Waals surface area contributed by atoms with Crippen molar-refractivity contribution in [1.29, 1.82) is 0 Å². The molecule has 0 atom stereocenters. The molecule has 0 aromatic rings. The zero-order valence-electron chi connectivity index (χ0n) is 12.4. The predicted molar refractivity (Wildman–Crippen MR) is 82.4 cm³/mol. The van der Waals surface area contributed by atoms with Gasteiger partial charge in [0.25, 0.3) is 0 Å². The third kappa shape index (κ3) is 16.2. The van der Waals surface area contributed by atoms with Crippen LogP contribution in [0, 0.1) is 0 Å². The van der Waals surface area contributed by atoms with E-state index in [1.807, 2.05) is 0 Å². The molecule has 0 saturated heterocycles. The van der Waals surface area contributed by atoms with Crippen LogP contribution in [-0.2, 0) is 4.74 Å². The predicted octanol–water partition coefficient (Wildman–Crippen LogP) is 6.29. The lowest BCUT2D eigenvalue weighted by atomic mass is 10.0. The van der Waals surface area contributed by atoms with Crippen molar-refractivity contribution in [1.82, 2.24) is 0 Å². The fraction of sp³-hybridized carbons (Fsp3) is 1.00. The van der Waals surface area contributed by atoms with Gasteiger partial charge in [0.05, 0.1) is 0 Å². The molecule has 0 rings (SSSR count). The Morgan fingerprint density at radius 3 is 1.39 bits per heavy atom. The first kappa shape index (κ1) is 18.2. The molecular formula is C16H33ClO. The molecule has 110 valence electrons. The molecule has 0 aromatic heterocycles. The van der Waals surface area contributed by atoms with E-state index < -0.39 is 0 Å². The molecule has 0 saturated carbocycles. The Bertz CT molecular complexity index is 123. The minimum atomic E-state index is 0.345. The number of unbranched alkanes of at least 4 members (excludes halogenated alkanes) is 12. The van der Waals surface area contributed by atoms with Crippen LogP contribution in [0.25, 0.3) is 0 Å². The van der Waals surface area contributed by atoms with Crippen molar-refractivity contribution in [2.45, 2.75) is 90.4 Å². The second-order valence-corrected chi connectivity index (χ2v) is 5.48. The highest BCUT2D eigenvalue weighted by atomic mass is 35.5. The van der Waals surface area contributed by atoms with Crippen molar-refractivity contribution >= 4 is 11.6 Å². The van der Waals surface area contributed by atoms with Crippen molar-refractivity contribution in [3.8, 4) is 0 Å². The number of hydrogen-bond acceptors (Lipinski definition) is 1. The topological polar surface area (TPSA) is 9.23 Å². The van der Waals surface area contributed by atoms with Gasteiger partial charge in [-0.3, -0.25) is 0 Å². The average molecular weight is 277 g/mol. The summed E-state index contributed by atoms with van der Waals surface area (Å²) in [4.78, 5) is 0. The molecule has 0 heterocycles. The monoisotopic (exact) mass is 276 g/mol. The number of hydrogen-bond donors (Lipinski definition) is 0. The van der Waals surface area contributed by atoms with Gasteiger partial charge in [0.1, 0.15) is 6.07 Å². The summed E-state index contributed by atoms with van der Waals surface area (Å²) in [5.74, 6) is 0. The van der Waals surface area contributed by atoms with E-state index >= 15 is 0 Å². The second-order valence-electron chi connectivity index (χ2n) is 5.26. The first-order valence-electron chi connectivity index (χ1n) is 8.05. The smallest absolute Gasteiger partial charge is 0.120 e. The molecule has 0 unspecified atom stereocenters. The first-order chi connectivity index (χ1) is 8.91. The SMILES string of the molecule is CCCCCCCCCCCCCCCOCCl. The Balaban J connectivity index is 2.86. The van der Waals surface area contributed by atoms with Crippen LogP contribution in [0.4, 0.5) is 0 Å². The van der Waals surface area contributed by atoms with Crippen LogP contribution >= 0.6 is 11.6 Å². The molecule has 2 heteroatoms. The fourth-order valence-corrected chi connectivity index (χ4v) is 2.39. The van der Waals surface area contributed by atoms with E-state index in [2.05, 4.69) is 6.92 Å². The van der Waals surface area contributed by atoms with Gasteiger partial charge in [-0.25, -0.2) is 0 Å². The van der Waals surface area contributed by atoms with Crippen molar-refractivity contribution in [2.24, 2.45) is 0 Å². The first-order valence-corrected chi connectivity index (χ1v) is 8.59. The number of alkyl halides is 1. The minimum absolute atomic E-state index is 0.345. The summed E-state index contributed by atoms with van der Waals surface area (Å²) in [6.07, 6.45) is 18.1. The highest BCUT2D eigenvalue weighted by Crippen LogP contribution is 2.12. The lowest BCUT2D eigenvalue weighted by Crippen LogP contribution is -1.91. The lowest BCUT2D eigenvalue weighted by Gasteiger charge is -2.03. The zero-order chi connectivity index (χ0) is 13.3. The van der Waals surface area contributed by atoms with Crippen molar-refractivity contribution < 1.29 is 4.74 Å². The van der Waals surface area contributed by atoms with Gasteiger partial charge in [-0.05, 0) is 6.42 Å². The van der Waals surface area contributed by atoms with Crippen LogP contribution in [-0.4, -0.2) is 12.7 Å². The van der Waals surface area contributed by atoms with Gasteiger partial charge in [0, 0.05) is 6.61 Å². The molecule has 0 N–H and O–H groups in total. The van der Waals surface area contributed by atoms with Crippen molar-refractivity contribution in [3.05, 3.63) is 0 Å². The van der Waals surface area contributed by atoms with Crippen LogP contribution in [0.2, 0.25) is 0 Å². The number of rotatable bonds is 15. The highest BCUT2D eigenvalue weighted by Gasteiger charge is 1.93. The van der Waals surface area contributed by atoms with Gasteiger partial charge in [-0.15, -0.1) is 0 Å². The zero-order valence-corrected chi connectivity index (χ0v) is 13.1. The molecule has 0 radical (unpaired) electrons. The lowest BCUT2D eigenvalue weighted by molar-refractivity contribution is 0.173. The fourth-order valence-electron chi connectivity index (χ4n) is 2.28. The third-order valence-electron chi connectivity index (χ3n) is 3.47. The molecule has 0 aliphatic heterocycles. The molecule has 0 aliphatic carbocycles. The van der Waals surface area contributed by atoms with Gasteiger partial charge < -0.3 is 4.74 Å². The van der Waals surface area contributed by atoms with Gasteiger partial charge in [-0.1, -0.05) is 95.6 Å². The summed E-state index contributed by atoms with van der Waals surface area (Å²) in [6, 6.07) is 0.345. The Morgan fingerprint density at radius 2 is 1.00 bits per heavy atom. The summed E-state index contributed by atoms with van der Waals surface area (Å²) in [7, 11) is 0. The Hall–Kier alpha value is 0.250. The summed E-state index contributed by atoms with van der Waals surface area (Å²) >= 11 is 5.43. The number of halogens is 1. The Kier molecular flexibility index (Phi) is 17.5. The van der Waals surface area contributed by atoms with Gasteiger partial charge in [0.2, 0.25) is 0 Å². The molecule has 0 fully saturated rings. The molecule has 1 nitrogen and oxygen atoms in total. The van der Waals surface area contributed by atoms with Gasteiger partial charge in [0.15, 0.2) is 0 Å². The molecule has 0 aliphatic rings. The van der Waals surface area contributed by atoms with Crippen molar-refractivity contribution in [3.63, 3.8) is 0 Å². The summed E-state index contributed by atoms with van der Waals surface area (Å²) < 4.78 is 5.10. The summed E-state index contributed by atoms with van der Waals surface area (Å²) in [5.41, 5.74) is 0. The molecular weight excluding hydrogens is 244 g/mol. The maximum atomic E-state index is 5.43. The minimum Gasteiger partial charge on any atom is -0.366 e. The van der Waals surface area contributed by atoms with E-state index in [0.29, 0.717) is 6.07 Å². The summed E-state index contributed by atoms with van der Waals surface area (Å²) in [5, 5.41) is 0. The van der Waals surface area contributed by atoms with Crippen molar-refractivity contribution in [2.75, 3.05) is 12.7 Å². The quantitative estimate of drug-likeness (QED) is 0.252. The van der Waals surface area contributed by atoms with Crippen LogP contribution in [0.5, 0.6) is 0 Å². The van der Waals surface area contributed by atoms with Crippen LogP contribution in [0.3, 0.4) is 0 Å². The van der Waals surface area contributed by atoms with Crippen LogP contribution in [0.15, 0.2) is 0 Å². The highest BCUT2D eigenvalue weighted by molar-refractivity contribution is 6.17. The Morgan fingerprint density at radius 1 is 0.611 bits per heavy atom. The summed E-state index contributed by atoms with van der Waals surface area (Å²) in [6.45, 7) is 3.11. The molecule has 0 bridgehead atoms. The molecule has 18 heavy (non-hydrogen) atoms. The normalized spacial score (nSPS) is 11.0. The largest absolute Gasteiger partial charge is 0.366 e. The standard InChI is InChI=1S/C16H33ClO/c1-2-3-4-5-6-7-8-9-10-11-12-13-14-15-18-16-17/h2-16H2,1H3. The maximum Gasteiger partial charge on any atom is 0.120 e. The van der Waals surface area contributed by atoms with E-state index in [-0.39, 0.29) is 0 Å². The molecule has 0 amide bonds. The van der Waals surface area contributed by atoms with E-state index in [0.717, 1.165) is 6.61 Å². The van der Waals surface area contributed by atoms with E-state index in [1.54, 1.807) is 0 Å². The van der Waals surface area contributed by atoms with Crippen LogP contribution < -0.4 is 0 Å². The van der Waals surface area contributed by atoms with E-state index in [9.17, 15) is 0 Å². The molecule has 0 spiro atoms. The number of ether oxygens (including phenoxy) is 1. The van der Waals surface area contributed by atoms with Gasteiger partial charge in [-0.2, -0.15) is 0 Å². The third-order valence-corrected chi connectivity index (χ3v) is 3.62. The average Bonchev–Trinajstić information content (AvgIpc) is 2.39. The second kappa shape index (κ2) is 17.2.